The molecule has 0 bridgehead atoms. The smallest absolute Gasteiger partial charge is 0.410 e. The predicted octanol–water partition coefficient (Wildman–Crippen LogP) is 0.201. The van der Waals surface area contributed by atoms with Crippen LogP contribution in [0, 0.1) is 0 Å². The number of benzene rings is 1. The van der Waals surface area contributed by atoms with Gasteiger partial charge in [-0.2, -0.15) is 0 Å². The van der Waals surface area contributed by atoms with Gasteiger partial charge in [0, 0.05) is 31.1 Å². The highest BCUT2D eigenvalue weighted by Gasteiger charge is 2.27. The molecule has 2 heterocycles. The molecule has 3 rings (SSSR count). The number of amides is 1. The number of carbonyl (C=O) groups is 1. The van der Waals surface area contributed by atoms with E-state index in [0.29, 0.717) is 19.6 Å². The Kier molecular flexibility index (Phi) is 9.93. The average molecular weight is 583 g/mol. The van der Waals surface area contributed by atoms with E-state index in [1.165, 1.54) is 5.52 Å². The number of aromatic nitrogens is 2. The summed E-state index contributed by atoms with van der Waals surface area (Å²) >= 11 is 0. The lowest BCUT2D eigenvalue weighted by Gasteiger charge is -2.32. The monoisotopic (exact) mass is 582 g/mol. The van der Waals surface area contributed by atoms with Crippen LogP contribution in [0.1, 0.15) is 58.8 Å². The Hall–Kier alpha value is -2.14. The van der Waals surface area contributed by atoms with Crippen LogP contribution in [0.15, 0.2) is 29.4 Å². The summed E-state index contributed by atoms with van der Waals surface area (Å²) in [6.07, 6.45) is 4.84. The molecule has 1 aromatic heterocycles. The van der Waals surface area contributed by atoms with Gasteiger partial charge in [0.15, 0.2) is 11.0 Å². The molecule has 0 aliphatic carbocycles. The summed E-state index contributed by atoms with van der Waals surface area (Å²) in [7, 11) is 0. The number of rotatable bonds is 6. The fourth-order valence-electron chi connectivity index (χ4n) is 4.42. The van der Waals surface area contributed by atoms with E-state index in [1.54, 1.807) is 11.1 Å². The lowest BCUT2D eigenvalue weighted by molar-refractivity contribution is -0.676. The highest BCUT2D eigenvalue weighted by molar-refractivity contribution is 6.10. The van der Waals surface area contributed by atoms with E-state index in [-0.39, 0.29) is 36.1 Å². The molecular weight excluding hydrogens is 543 g/mol. The minimum absolute atomic E-state index is 0. The van der Waals surface area contributed by atoms with Gasteiger partial charge in [0.1, 0.15) is 5.60 Å². The standard InChI is InChI=1S/C25H39N6O2.HI/c1-6-30-21-9-8-18(14-22(21)31(7-2)23(30)16-27)19(15-26)17-28-20-10-12-29(13-11-20)24(32)33-25(3,4)5;/h8-9,14-15,17,20H,6-7,10-13,16,26-27H2,1-5H3;1H/q+1;/p-1. The number of nitrogens with zero attached hydrogens (tertiary/aromatic N) is 4. The summed E-state index contributed by atoms with van der Waals surface area (Å²) in [6.45, 7) is 13.4. The number of imidazole rings is 1. The number of allylic oxidation sites excluding steroid dienone is 1. The number of fused-ring (bicyclic) bond motifs is 1. The van der Waals surface area contributed by atoms with Crippen molar-refractivity contribution in [2.45, 2.75) is 78.7 Å². The van der Waals surface area contributed by atoms with Crippen LogP contribution >= 0.6 is 0 Å². The highest BCUT2D eigenvalue weighted by atomic mass is 127. The number of hydrogen-bond acceptors (Lipinski definition) is 5. The van der Waals surface area contributed by atoms with E-state index < -0.39 is 5.60 Å². The summed E-state index contributed by atoms with van der Waals surface area (Å²) in [5, 5.41) is 0. The van der Waals surface area contributed by atoms with E-state index in [9.17, 15) is 4.79 Å². The molecule has 1 amide bonds. The zero-order valence-corrected chi connectivity index (χ0v) is 23.2. The van der Waals surface area contributed by atoms with Crippen LogP contribution < -0.4 is 40.0 Å². The molecule has 0 spiro atoms. The van der Waals surface area contributed by atoms with Gasteiger partial charge in [0.2, 0.25) is 0 Å². The Bertz CT molecular complexity index is 1050. The number of aryl methyl sites for hydroxylation is 2. The minimum atomic E-state index is -0.479. The van der Waals surface area contributed by atoms with Crippen LogP contribution in [0.2, 0.25) is 0 Å². The van der Waals surface area contributed by atoms with E-state index in [2.05, 4.69) is 41.2 Å². The number of piperidine rings is 1. The molecule has 34 heavy (non-hydrogen) atoms. The maximum absolute atomic E-state index is 12.3. The summed E-state index contributed by atoms with van der Waals surface area (Å²) in [5.74, 6) is 1.12. The van der Waals surface area contributed by atoms with Crippen LogP contribution in [0.3, 0.4) is 0 Å². The van der Waals surface area contributed by atoms with Gasteiger partial charge in [-0.1, -0.05) is 0 Å². The van der Waals surface area contributed by atoms with Gasteiger partial charge in [-0.05, 0) is 71.2 Å². The summed E-state index contributed by atoms with van der Waals surface area (Å²) < 4.78 is 10.0. The number of nitrogens with two attached hydrogens (primary N) is 2. The Morgan fingerprint density at radius 1 is 1.26 bits per heavy atom. The third kappa shape index (κ3) is 6.29. The van der Waals surface area contributed by atoms with Gasteiger partial charge >= 0.3 is 6.09 Å². The van der Waals surface area contributed by atoms with Gasteiger partial charge in [-0.25, -0.2) is 13.9 Å². The van der Waals surface area contributed by atoms with Crippen molar-refractivity contribution in [3.63, 3.8) is 0 Å². The van der Waals surface area contributed by atoms with E-state index in [4.69, 9.17) is 21.2 Å². The van der Waals surface area contributed by atoms with Gasteiger partial charge < -0.3 is 45.1 Å². The SMILES string of the molecule is CCn1c(CN)[n+](CC)c2ccc(C(C=NC3CCN(C(=O)OC(C)(C)C)CC3)=CN)cc21.[I-]. The van der Waals surface area contributed by atoms with Gasteiger partial charge in [0.25, 0.3) is 5.82 Å². The molecule has 8 nitrogen and oxygen atoms in total. The second-order valence-corrected chi connectivity index (χ2v) is 9.41. The first kappa shape index (κ1) is 28.1. The van der Waals surface area contributed by atoms with Crippen LogP contribution in [0.4, 0.5) is 4.79 Å². The van der Waals surface area contributed by atoms with E-state index >= 15 is 0 Å². The number of halogens is 1. The van der Waals surface area contributed by atoms with Gasteiger partial charge in [0.05, 0.1) is 25.7 Å². The van der Waals surface area contributed by atoms with Crippen molar-refractivity contribution in [1.29, 1.82) is 0 Å². The molecule has 0 atom stereocenters. The maximum atomic E-state index is 12.3. The largest absolute Gasteiger partial charge is 1.00 e. The van der Waals surface area contributed by atoms with Crippen LogP contribution in [0.5, 0.6) is 0 Å². The first-order valence-corrected chi connectivity index (χ1v) is 11.9. The molecule has 1 fully saturated rings. The minimum Gasteiger partial charge on any atom is -1.00 e. The zero-order chi connectivity index (χ0) is 24.2. The molecule has 2 aromatic rings. The Labute approximate surface area is 220 Å². The van der Waals surface area contributed by atoms with Crippen molar-refractivity contribution in [2.24, 2.45) is 16.5 Å². The summed E-state index contributed by atoms with van der Waals surface area (Å²) in [6, 6.07) is 6.55. The first-order chi connectivity index (χ1) is 15.7. The van der Waals surface area contributed by atoms with Crippen molar-refractivity contribution in [3.8, 4) is 0 Å². The molecule has 9 heteroatoms. The molecule has 0 radical (unpaired) electrons. The fraction of sp³-hybridized carbons (Fsp3) is 0.560. The van der Waals surface area contributed by atoms with Crippen molar-refractivity contribution >= 4 is 28.9 Å². The van der Waals surface area contributed by atoms with Gasteiger partial charge in [-0.3, -0.25) is 4.99 Å². The lowest BCUT2D eigenvalue weighted by Crippen LogP contribution is -3.00. The molecule has 1 aromatic carbocycles. The van der Waals surface area contributed by atoms with E-state index in [1.807, 2.05) is 27.0 Å². The number of aliphatic imine (C=N–C) groups is 1. The quantitative estimate of drug-likeness (QED) is 0.289. The maximum Gasteiger partial charge on any atom is 0.410 e. The number of ether oxygens (including phenoxy) is 1. The van der Waals surface area contributed by atoms with Crippen molar-refractivity contribution < 1.29 is 38.1 Å². The molecule has 1 aliphatic heterocycles. The predicted molar refractivity (Wildman–Crippen MR) is 133 cm³/mol. The molecule has 1 aliphatic rings. The van der Waals surface area contributed by atoms with Crippen molar-refractivity contribution in [3.05, 3.63) is 35.8 Å². The van der Waals surface area contributed by atoms with Crippen molar-refractivity contribution in [2.75, 3.05) is 13.1 Å². The first-order valence-electron chi connectivity index (χ1n) is 11.9. The normalized spacial score (nSPS) is 15.7. The second-order valence-electron chi connectivity index (χ2n) is 9.41. The third-order valence-corrected chi connectivity index (χ3v) is 6.05. The Balaban J connectivity index is 0.00000408. The fourth-order valence-corrected chi connectivity index (χ4v) is 4.42. The zero-order valence-electron chi connectivity index (χ0n) is 21.1. The Morgan fingerprint density at radius 2 is 1.94 bits per heavy atom. The highest BCUT2D eigenvalue weighted by Crippen LogP contribution is 2.22. The lowest BCUT2D eigenvalue weighted by atomic mass is 10.0. The van der Waals surface area contributed by atoms with E-state index in [0.717, 1.165) is 48.4 Å². The van der Waals surface area contributed by atoms with Crippen LogP contribution in [-0.4, -0.2) is 46.5 Å². The van der Waals surface area contributed by atoms with Crippen molar-refractivity contribution in [1.82, 2.24) is 9.47 Å². The van der Waals surface area contributed by atoms with Gasteiger partial charge in [-0.15, -0.1) is 0 Å². The van der Waals surface area contributed by atoms with Crippen LogP contribution in [0.25, 0.3) is 16.6 Å². The Morgan fingerprint density at radius 3 is 2.47 bits per heavy atom. The number of likely N-dealkylation sites (tertiary alicyclic amines) is 1. The molecule has 4 N–H and O–H groups in total. The number of hydrogen-bond donors (Lipinski definition) is 2. The van der Waals surface area contributed by atoms with Crippen LogP contribution in [-0.2, 0) is 24.4 Å². The molecule has 188 valence electrons. The summed E-state index contributed by atoms with van der Waals surface area (Å²) in [4.78, 5) is 18.8. The summed E-state index contributed by atoms with van der Waals surface area (Å²) in [5.41, 5.74) is 15.8. The number of carbonyl (C=O) groups excluding carboxylic acids is 1. The molecule has 0 saturated carbocycles. The molecular formula is C25H39IN6O2. The third-order valence-electron chi connectivity index (χ3n) is 6.05. The molecule has 0 unspecified atom stereocenters. The average Bonchev–Trinajstić information content (AvgIpc) is 3.10. The second kappa shape index (κ2) is 12.0. The molecule has 1 saturated heterocycles. The topological polar surface area (TPSA) is 103 Å².